The van der Waals surface area contributed by atoms with Gasteiger partial charge in [0, 0.05) is 17.7 Å². The summed E-state index contributed by atoms with van der Waals surface area (Å²) in [6.07, 6.45) is 0.539. The fourth-order valence-electron chi connectivity index (χ4n) is 3.01. The highest BCUT2D eigenvalue weighted by Gasteiger charge is 2.18. The molecule has 3 nitrogen and oxygen atoms in total. The molecule has 0 atom stereocenters. The van der Waals surface area contributed by atoms with Crippen molar-refractivity contribution in [3.05, 3.63) is 59.4 Å². The third-order valence-corrected chi connectivity index (χ3v) is 4.44. The van der Waals surface area contributed by atoms with E-state index in [0.717, 1.165) is 28.3 Å². The molecule has 3 aromatic rings. The molecule has 0 unspecified atom stereocenters. The summed E-state index contributed by atoms with van der Waals surface area (Å²) in [6, 6.07) is 14.7. The van der Waals surface area contributed by atoms with Crippen molar-refractivity contribution in [2.75, 3.05) is 0 Å². The Labute approximate surface area is 148 Å². The van der Waals surface area contributed by atoms with E-state index in [-0.39, 0.29) is 5.41 Å². The van der Waals surface area contributed by atoms with Crippen LogP contribution in [0.2, 0.25) is 0 Å². The van der Waals surface area contributed by atoms with E-state index in [1.807, 2.05) is 12.1 Å². The predicted octanol–water partition coefficient (Wildman–Crippen LogP) is 4.44. The van der Waals surface area contributed by atoms with Gasteiger partial charge < -0.3 is 10.1 Å². The van der Waals surface area contributed by atoms with Gasteiger partial charge >= 0.3 is 0 Å². The van der Waals surface area contributed by atoms with Gasteiger partial charge in [-0.05, 0) is 30.0 Å². The van der Waals surface area contributed by atoms with Gasteiger partial charge in [-0.2, -0.15) is 0 Å². The van der Waals surface area contributed by atoms with E-state index < -0.39 is 0 Å². The summed E-state index contributed by atoms with van der Waals surface area (Å²) < 4.78 is 2.15. The first-order chi connectivity index (χ1) is 11.3. The van der Waals surface area contributed by atoms with Crippen molar-refractivity contribution in [1.82, 2.24) is 9.38 Å². The van der Waals surface area contributed by atoms with Gasteiger partial charge in [0.25, 0.3) is 0 Å². The van der Waals surface area contributed by atoms with Crippen molar-refractivity contribution in [3.63, 3.8) is 0 Å². The van der Waals surface area contributed by atoms with Crippen molar-refractivity contribution in [2.45, 2.75) is 39.5 Å². The number of aryl methyl sites for hydroxylation is 1. The van der Waals surface area contributed by atoms with Crippen LogP contribution in [0.1, 0.15) is 37.7 Å². The molecular formula is C20H23N3S. The van der Waals surface area contributed by atoms with Crippen LogP contribution in [0.25, 0.3) is 16.9 Å². The summed E-state index contributed by atoms with van der Waals surface area (Å²) in [5.74, 6) is 0. The normalized spacial score (nSPS) is 11.8. The number of fused-ring (bicyclic) bond motifs is 1. The summed E-state index contributed by atoms with van der Waals surface area (Å²) in [5, 5.41) is 0. The minimum absolute atomic E-state index is 0.135. The summed E-state index contributed by atoms with van der Waals surface area (Å²) in [5.41, 5.74) is 12.4. The van der Waals surface area contributed by atoms with Crippen LogP contribution in [0.5, 0.6) is 0 Å². The van der Waals surface area contributed by atoms with E-state index in [4.69, 9.17) is 22.9 Å². The Kier molecular flexibility index (Phi) is 4.18. The molecule has 2 heterocycles. The van der Waals surface area contributed by atoms with Crippen molar-refractivity contribution in [2.24, 2.45) is 5.73 Å². The van der Waals surface area contributed by atoms with Crippen LogP contribution in [0.15, 0.2) is 42.5 Å². The maximum atomic E-state index is 5.84. The Morgan fingerprint density at radius 3 is 2.38 bits per heavy atom. The van der Waals surface area contributed by atoms with Crippen LogP contribution < -0.4 is 5.73 Å². The van der Waals surface area contributed by atoms with Crippen LogP contribution in [0, 0.1) is 6.92 Å². The van der Waals surface area contributed by atoms with Gasteiger partial charge in [-0.3, -0.25) is 0 Å². The predicted molar refractivity (Wildman–Crippen MR) is 105 cm³/mol. The molecule has 2 aromatic heterocycles. The molecule has 0 spiro atoms. The number of thiocarbonyl (C=S) groups is 1. The number of hydrogen-bond donors (Lipinski definition) is 1. The Hall–Kier alpha value is -2.20. The molecule has 0 amide bonds. The third kappa shape index (κ3) is 3.06. The molecule has 3 rings (SSSR count). The first-order valence-corrected chi connectivity index (χ1v) is 8.54. The standard InChI is InChI=1S/C20H23N3S/c1-13-6-5-7-18-22-19(16(23(13)18)12-17(21)24)14-8-10-15(11-9-14)20(2,3)4/h5-11H,12H2,1-4H3,(H2,21,24). The van der Waals surface area contributed by atoms with Gasteiger partial charge in [-0.15, -0.1) is 0 Å². The van der Waals surface area contributed by atoms with E-state index in [0.29, 0.717) is 11.4 Å². The van der Waals surface area contributed by atoms with Crippen LogP contribution >= 0.6 is 12.2 Å². The van der Waals surface area contributed by atoms with Gasteiger partial charge in [-0.25, -0.2) is 4.98 Å². The first kappa shape index (κ1) is 16.7. The minimum atomic E-state index is 0.135. The SMILES string of the molecule is Cc1cccc2nc(-c3ccc(C(C)(C)C)cc3)c(CC(N)=S)n12. The molecule has 1 aromatic carbocycles. The molecular weight excluding hydrogens is 314 g/mol. The first-order valence-electron chi connectivity index (χ1n) is 8.13. The molecule has 0 aliphatic heterocycles. The maximum absolute atomic E-state index is 5.84. The molecule has 124 valence electrons. The summed E-state index contributed by atoms with van der Waals surface area (Å²) in [4.78, 5) is 5.32. The zero-order valence-electron chi connectivity index (χ0n) is 14.6. The smallest absolute Gasteiger partial charge is 0.137 e. The fraction of sp³-hybridized carbons (Fsp3) is 0.300. The Morgan fingerprint density at radius 2 is 1.79 bits per heavy atom. The van der Waals surface area contributed by atoms with Gasteiger partial charge in [-0.1, -0.05) is 63.3 Å². The Morgan fingerprint density at radius 1 is 1.12 bits per heavy atom. The fourth-order valence-corrected chi connectivity index (χ4v) is 3.15. The van der Waals surface area contributed by atoms with Crippen molar-refractivity contribution in [3.8, 4) is 11.3 Å². The summed E-state index contributed by atoms with van der Waals surface area (Å²) in [7, 11) is 0. The molecule has 2 N–H and O–H groups in total. The quantitative estimate of drug-likeness (QED) is 0.719. The number of benzene rings is 1. The van der Waals surface area contributed by atoms with Gasteiger partial charge in [0.1, 0.15) is 5.65 Å². The second-order valence-corrected chi connectivity index (χ2v) is 7.76. The maximum Gasteiger partial charge on any atom is 0.137 e. The average molecular weight is 337 g/mol. The summed E-state index contributed by atoms with van der Waals surface area (Å²) in [6.45, 7) is 8.72. The molecule has 0 aliphatic rings. The van der Waals surface area contributed by atoms with E-state index in [2.05, 4.69) is 62.4 Å². The zero-order chi connectivity index (χ0) is 17.5. The lowest BCUT2D eigenvalue weighted by atomic mass is 9.86. The molecule has 0 bridgehead atoms. The van der Waals surface area contributed by atoms with Crippen LogP contribution in [-0.2, 0) is 11.8 Å². The van der Waals surface area contributed by atoms with E-state index in [9.17, 15) is 0 Å². The monoisotopic (exact) mass is 337 g/mol. The molecule has 0 saturated heterocycles. The Balaban J connectivity index is 2.18. The van der Waals surface area contributed by atoms with Gasteiger partial charge in [0.2, 0.25) is 0 Å². The number of nitrogens with zero attached hydrogens (tertiary/aromatic N) is 2. The Bertz CT molecular complexity index is 899. The number of hydrogen-bond acceptors (Lipinski definition) is 2. The summed E-state index contributed by atoms with van der Waals surface area (Å²) >= 11 is 5.17. The number of aromatic nitrogens is 2. The number of imidazole rings is 1. The van der Waals surface area contributed by atoms with Crippen molar-refractivity contribution < 1.29 is 0 Å². The lowest BCUT2D eigenvalue weighted by Gasteiger charge is -2.19. The molecule has 0 aliphatic carbocycles. The largest absolute Gasteiger partial charge is 0.393 e. The topological polar surface area (TPSA) is 43.3 Å². The third-order valence-electron chi connectivity index (χ3n) is 4.30. The van der Waals surface area contributed by atoms with Crippen LogP contribution in [0.4, 0.5) is 0 Å². The van der Waals surface area contributed by atoms with Gasteiger partial charge in [0.15, 0.2) is 0 Å². The number of rotatable bonds is 3. The van der Waals surface area contributed by atoms with Gasteiger partial charge in [0.05, 0.1) is 16.4 Å². The van der Waals surface area contributed by atoms with E-state index in [1.54, 1.807) is 0 Å². The lowest BCUT2D eigenvalue weighted by molar-refractivity contribution is 0.590. The average Bonchev–Trinajstić information content (AvgIpc) is 2.86. The molecule has 24 heavy (non-hydrogen) atoms. The highest BCUT2D eigenvalue weighted by Crippen LogP contribution is 2.29. The van der Waals surface area contributed by atoms with E-state index >= 15 is 0 Å². The molecule has 4 heteroatoms. The second kappa shape index (κ2) is 6.02. The highest BCUT2D eigenvalue weighted by molar-refractivity contribution is 7.80. The molecule has 0 radical (unpaired) electrons. The lowest BCUT2D eigenvalue weighted by Crippen LogP contribution is -2.14. The molecule has 0 saturated carbocycles. The minimum Gasteiger partial charge on any atom is -0.393 e. The number of pyridine rings is 1. The van der Waals surface area contributed by atoms with Crippen molar-refractivity contribution in [1.29, 1.82) is 0 Å². The highest BCUT2D eigenvalue weighted by atomic mass is 32.1. The second-order valence-electron chi connectivity index (χ2n) is 7.24. The van der Waals surface area contributed by atoms with Crippen LogP contribution in [-0.4, -0.2) is 14.4 Å². The van der Waals surface area contributed by atoms with Crippen LogP contribution in [0.3, 0.4) is 0 Å². The van der Waals surface area contributed by atoms with Crippen molar-refractivity contribution >= 4 is 22.9 Å². The van der Waals surface area contributed by atoms with E-state index in [1.165, 1.54) is 5.56 Å². The zero-order valence-corrected chi connectivity index (χ0v) is 15.4. The molecule has 0 fully saturated rings. The number of nitrogens with two attached hydrogens (primary N) is 1.